The predicted octanol–water partition coefficient (Wildman–Crippen LogP) is 0.849. The number of rotatable bonds is 2. The topological polar surface area (TPSA) is 24.5 Å². The summed E-state index contributed by atoms with van der Waals surface area (Å²) in [5, 5.41) is 3.42. The molecule has 1 unspecified atom stereocenters. The maximum atomic E-state index is 5.77. The summed E-state index contributed by atoms with van der Waals surface area (Å²) in [5.41, 5.74) is 0. The smallest absolute Gasteiger partial charge is 0.0702 e. The lowest BCUT2D eigenvalue weighted by molar-refractivity contribution is -0.0154. The van der Waals surface area contributed by atoms with E-state index >= 15 is 0 Å². The maximum absolute atomic E-state index is 5.77. The van der Waals surface area contributed by atoms with Crippen LogP contribution in [0.3, 0.4) is 0 Å². The summed E-state index contributed by atoms with van der Waals surface area (Å²) < 4.78 is 5.77. The van der Waals surface area contributed by atoms with E-state index in [4.69, 9.17) is 4.74 Å². The molecule has 3 nitrogen and oxygen atoms in total. The molecule has 0 amide bonds. The summed E-state index contributed by atoms with van der Waals surface area (Å²) >= 11 is 0. The van der Waals surface area contributed by atoms with Crippen LogP contribution < -0.4 is 5.32 Å². The second-order valence-electron chi connectivity index (χ2n) is 4.54. The van der Waals surface area contributed by atoms with Crippen LogP contribution >= 0.6 is 0 Å². The zero-order valence-corrected chi connectivity index (χ0v) is 9.17. The van der Waals surface area contributed by atoms with E-state index in [1.54, 1.807) is 0 Å². The highest BCUT2D eigenvalue weighted by atomic mass is 16.5. The van der Waals surface area contributed by atoms with Crippen LogP contribution in [0.25, 0.3) is 0 Å². The average Bonchev–Trinajstić information content (AvgIpc) is 2.23. The highest BCUT2D eigenvalue weighted by molar-refractivity contribution is 4.79. The number of hydrogen-bond donors (Lipinski definition) is 1. The summed E-state index contributed by atoms with van der Waals surface area (Å²) in [6, 6.07) is 0.675. The number of hydrogen-bond acceptors (Lipinski definition) is 3. The van der Waals surface area contributed by atoms with Crippen molar-refractivity contribution >= 4 is 0 Å². The molecule has 2 fully saturated rings. The number of ether oxygens (including phenoxy) is 1. The van der Waals surface area contributed by atoms with Crippen LogP contribution in [-0.4, -0.2) is 49.8 Å². The van der Waals surface area contributed by atoms with E-state index in [9.17, 15) is 0 Å². The SMILES string of the molecule is C[C@@H]1CNCCN1CC1CCCCO1. The van der Waals surface area contributed by atoms with Crippen molar-refractivity contribution in [1.29, 1.82) is 0 Å². The lowest BCUT2D eigenvalue weighted by atomic mass is 10.1. The average molecular weight is 198 g/mol. The van der Waals surface area contributed by atoms with Gasteiger partial charge < -0.3 is 10.1 Å². The molecule has 14 heavy (non-hydrogen) atoms. The van der Waals surface area contributed by atoms with Crippen molar-refractivity contribution in [3.63, 3.8) is 0 Å². The van der Waals surface area contributed by atoms with Crippen molar-refractivity contribution in [2.24, 2.45) is 0 Å². The molecule has 2 heterocycles. The molecule has 82 valence electrons. The Morgan fingerprint density at radius 2 is 2.36 bits per heavy atom. The van der Waals surface area contributed by atoms with E-state index < -0.39 is 0 Å². The van der Waals surface area contributed by atoms with E-state index in [0.717, 1.165) is 26.2 Å². The number of nitrogens with one attached hydrogen (secondary N) is 1. The lowest BCUT2D eigenvalue weighted by Crippen LogP contribution is -2.52. The first-order chi connectivity index (χ1) is 6.86. The first kappa shape index (κ1) is 10.4. The Morgan fingerprint density at radius 1 is 1.43 bits per heavy atom. The molecule has 2 aliphatic heterocycles. The van der Waals surface area contributed by atoms with Crippen LogP contribution in [0.5, 0.6) is 0 Å². The fourth-order valence-corrected chi connectivity index (χ4v) is 2.37. The first-order valence-corrected chi connectivity index (χ1v) is 5.92. The third kappa shape index (κ3) is 2.69. The van der Waals surface area contributed by atoms with Gasteiger partial charge in [-0.25, -0.2) is 0 Å². The van der Waals surface area contributed by atoms with Crippen molar-refractivity contribution in [3.8, 4) is 0 Å². The van der Waals surface area contributed by atoms with E-state index in [1.807, 2.05) is 0 Å². The molecule has 0 bridgehead atoms. The minimum Gasteiger partial charge on any atom is -0.377 e. The van der Waals surface area contributed by atoms with Gasteiger partial charge >= 0.3 is 0 Å². The van der Waals surface area contributed by atoms with Gasteiger partial charge in [-0.3, -0.25) is 4.90 Å². The van der Waals surface area contributed by atoms with Crippen LogP contribution in [0.15, 0.2) is 0 Å². The minimum atomic E-state index is 0.504. The second-order valence-corrected chi connectivity index (χ2v) is 4.54. The van der Waals surface area contributed by atoms with Gasteiger partial charge in [0.15, 0.2) is 0 Å². The van der Waals surface area contributed by atoms with Crippen LogP contribution in [-0.2, 0) is 4.74 Å². The van der Waals surface area contributed by atoms with Gasteiger partial charge in [0.1, 0.15) is 0 Å². The van der Waals surface area contributed by atoms with Gasteiger partial charge in [0.05, 0.1) is 6.10 Å². The van der Waals surface area contributed by atoms with Gasteiger partial charge in [-0.2, -0.15) is 0 Å². The van der Waals surface area contributed by atoms with Gasteiger partial charge in [0.25, 0.3) is 0 Å². The van der Waals surface area contributed by atoms with E-state index in [2.05, 4.69) is 17.1 Å². The van der Waals surface area contributed by atoms with Crippen molar-refractivity contribution < 1.29 is 4.74 Å². The largest absolute Gasteiger partial charge is 0.377 e. The Bertz CT molecular complexity index is 169. The molecule has 0 aromatic rings. The Kier molecular flexibility index (Phi) is 3.79. The van der Waals surface area contributed by atoms with Gasteiger partial charge in [0, 0.05) is 38.8 Å². The fourth-order valence-electron chi connectivity index (χ4n) is 2.37. The molecule has 0 saturated carbocycles. The highest BCUT2D eigenvalue weighted by Crippen LogP contribution is 2.15. The Hall–Kier alpha value is -0.120. The molecule has 0 aliphatic carbocycles. The predicted molar refractivity (Wildman–Crippen MR) is 57.5 cm³/mol. The van der Waals surface area contributed by atoms with Crippen LogP contribution in [0, 0.1) is 0 Å². The van der Waals surface area contributed by atoms with Gasteiger partial charge in [-0.1, -0.05) is 0 Å². The highest BCUT2D eigenvalue weighted by Gasteiger charge is 2.22. The summed E-state index contributed by atoms with van der Waals surface area (Å²) in [6.45, 7) is 7.87. The van der Waals surface area contributed by atoms with Gasteiger partial charge in [-0.15, -0.1) is 0 Å². The van der Waals surface area contributed by atoms with Crippen LogP contribution in [0.2, 0.25) is 0 Å². The quantitative estimate of drug-likeness (QED) is 0.712. The first-order valence-electron chi connectivity index (χ1n) is 5.92. The normalized spacial score (nSPS) is 35.8. The zero-order chi connectivity index (χ0) is 9.80. The van der Waals surface area contributed by atoms with Gasteiger partial charge in [-0.05, 0) is 26.2 Å². The van der Waals surface area contributed by atoms with Crippen molar-refractivity contribution in [3.05, 3.63) is 0 Å². The molecule has 0 radical (unpaired) electrons. The molecule has 0 aromatic heterocycles. The maximum Gasteiger partial charge on any atom is 0.0702 e. The molecule has 2 saturated heterocycles. The molecule has 2 rings (SSSR count). The zero-order valence-electron chi connectivity index (χ0n) is 9.17. The molecular weight excluding hydrogens is 176 g/mol. The van der Waals surface area contributed by atoms with Crippen LogP contribution in [0.4, 0.5) is 0 Å². The molecule has 3 heteroatoms. The molecular formula is C11H22N2O. The molecule has 2 aliphatic rings. The van der Waals surface area contributed by atoms with E-state index in [1.165, 1.54) is 25.8 Å². The minimum absolute atomic E-state index is 0.504. The van der Waals surface area contributed by atoms with Crippen molar-refractivity contribution in [2.45, 2.75) is 38.3 Å². The van der Waals surface area contributed by atoms with Gasteiger partial charge in [0.2, 0.25) is 0 Å². The van der Waals surface area contributed by atoms with E-state index in [-0.39, 0.29) is 0 Å². The third-order valence-electron chi connectivity index (χ3n) is 3.35. The molecule has 0 spiro atoms. The molecule has 2 atom stereocenters. The standard InChI is InChI=1S/C11H22N2O/c1-10-8-12-5-6-13(10)9-11-4-2-3-7-14-11/h10-12H,2-9H2,1H3/t10-,11?/m1/s1. The Labute approximate surface area is 86.8 Å². The Balaban J connectivity index is 1.76. The summed E-state index contributed by atoms with van der Waals surface area (Å²) in [7, 11) is 0. The molecule has 1 N–H and O–H groups in total. The Morgan fingerprint density at radius 3 is 3.07 bits per heavy atom. The summed E-state index contributed by atoms with van der Waals surface area (Å²) in [4.78, 5) is 2.56. The lowest BCUT2D eigenvalue weighted by Gasteiger charge is -2.37. The number of piperazine rings is 1. The third-order valence-corrected chi connectivity index (χ3v) is 3.35. The summed E-state index contributed by atoms with van der Waals surface area (Å²) in [6.07, 6.45) is 4.37. The van der Waals surface area contributed by atoms with Crippen LogP contribution in [0.1, 0.15) is 26.2 Å². The van der Waals surface area contributed by atoms with Crippen molar-refractivity contribution in [1.82, 2.24) is 10.2 Å². The second kappa shape index (κ2) is 5.10. The molecule has 0 aromatic carbocycles. The fraction of sp³-hybridized carbons (Fsp3) is 1.00. The summed E-state index contributed by atoms with van der Waals surface area (Å²) in [5.74, 6) is 0. The monoisotopic (exact) mass is 198 g/mol. The number of nitrogens with zero attached hydrogens (tertiary/aromatic N) is 1. The van der Waals surface area contributed by atoms with Crippen molar-refractivity contribution in [2.75, 3.05) is 32.8 Å². The van der Waals surface area contributed by atoms with E-state index in [0.29, 0.717) is 12.1 Å².